The van der Waals surface area contributed by atoms with E-state index in [-0.39, 0.29) is 0 Å². The van der Waals surface area contributed by atoms with Crippen LogP contribution in [-0.2, 0) is 0 Å². The van der Waals surface area contributed by atoms with Gasteiger partial charge in [-0.25, -0.2) is 0 Å². The maximum atomic E-state index is 2.38. The van der Waals surface area contributed by atoms with Crippen LogP contribution in [-0.4, -0.2) is 0 Å². The third-order valence-corrected chi connectivity index (χ3v) is 3.22. The molecule has 16 heavy (non-hydrogen) atoms. The summed E-state index contributed by atoms with van der Waals surface area (Å²) < 4.78 is 1.30. The summed E-state index contributed by atoms with van der Waals surface area (Å²) in [6.07, 6.45) is 0. The maximum Gasteiger partial charge on any atom is 0.0139 e. The molecular formula is C15H15I. The van der Waals surface area contributed by atoms with Gasteiger partial charge in [0.25, 0.3) is 0 Å². The fourth-order valence-corrected chi connectivity index (χ4v) is 2.87. The quantitative estimate of drug-likeness (QED) is 0.656. The standard InChI is InChI=1S/C15H15I/c1-10-4-11(2)6-13(5-10)14-7-12(3)8-15(16)9-14/h4-9H,1-3H3. The molecule has 0 heterocycles. The van der Waals surface area contributed by atoms with Crippen LogP contribution in [0.3, 0.4) is 0 Å². The van der Waals surface area contributed by atoms with Crippen molar-refractivity contribution in [3.63, 3.8) is 0 Å². The van der Waals surface area contributed by atoms with E-state index in [1.807, 2.05) is 0 Å². The molecular weight excluding hydrogens is 307 g/mol. The lowest BCUT2D eigenvalue weighted by Gasteiger charge is -2.07. The third kappa shape index (κ3) is 2.64. The highest BCUT2D eigenvalue weighted by atomic mass is 127. The van der Waals surface area contributed by atoms with E-state index in [9.17, 15) is 0 Å². The zero-order chi connectivity index (χ0) is 11.7. The van der Waals surface area contributed by atoms with Gasteiger partial charge in [-0.05, 0) is 72.2 Å². The second-order valence-electron chi connectivity index (χ2n) is 4.39. The van der Waals surface area contributed by atoms with E-state index in [4.69, 9.17) is 0 Å². The van der Waals surface area contributed by atoms with E-state index in [1.165, 1.54) is 31.4 Å². The molecule has 0 spiro atoms. The van der Waals surface area contributed by atoms with Crippen molar-refractivity contribution in [1.29, 1.82) is 0 Å². The van der Waals surface area contributed by atoms with Crippen LogP contribution in [0.1, 0.15) is 16.7 Å². The van der Waals surface area contributed by atoms with Crippen molar-refractivity contribution < 1.29 is 0 Å². The van der Waals surface area contributed by atoms with Gasteiger partial charge < -0.3 is 0 Å². The molecule has 2 rings (SSSR count). The van der Waals surface area contributed by atoms with Crippen LogP contribution in [0.15, 0.2) is 36.4 Å². The first-order valence-corrected chi connectivity index (χ1v) is 6.48. The SMILES string of the molecule is Cc1cc(C)cc(-c2cc(C)cc(I)c2)c1. The van der Waals surface area contributed by atoms with Gasteiger partial charge in [-0.1, -0.05) is 35.4 Å². The van der Waals surface area contributed by atoms with E-state index >= 15 is 0 Å². The van der Waals surface area contributed by atoms with Gasteiger partial charge in [0.1, 0.15) is 0 Å². The Balaban J connectivity index is 2.57. The Labute approximate surface area is 111 Å². The molecule has 2 aromatic rings. The van der Waals surface area contributed by atoms with E-state index < -0.39 is 0 Å². The van der Waals surface area contributed by atoms with Gasteiger partial charge >= 0.3 is 0 Å². The number of halogens is 1. The molecule has 1 heteroatoms. The van der Waals surface area contributed by atoms with Crippen molar-refractivity contribution >= 4 is 22.6 Å². The Kier molecular flexibility index (Phi) is 3.33. The van der Waals surface area contributed by atoms with E-state index in [2.05, 4.69) is 79.8 Å². The molecule has 0 saturated carbocycles. The molecule has 0 saturated heterocycles. The highest BCUT2D eigenvalue weighted by molar-refractivity contribution is 14.1. The minimum absolute atomic E-state index is 1.30. The van der Waals surface area contributed by atoms with E-state index in [0.717, 1.165) is 0 Å². The van der Waals surface area contributed by atoms with E-state index in [0.29, 0.717) is 0 Å². The fourth-order valence-electron chi connectivity index (χ4n) is 2.04. The van der Waals surface area contributed by atoms with Gasteiger partial charge in [0, 0.05) is 3.57 Å². The summed E-state index contributed by atoms with van der Waals surface area (Å²) in [6, 6.07) is 13.4. The molecule has 0 N–H and O–H groups in total. The summed E-state index contributed by atoms with van der Waals surface area (Å²) in [7, 11) is 0. The van der Waals surface area contributed by atoms with Crippen molar-refractivity contribution in [2.24, 2.45) is 0 Å². The van der Waals surface area contributed by atoms with Crippen molar-refractivity contribution in [1.82, 2.24) is 0 Å². The van der Waals surface area contributed by atoms with E-state index in [1.54, 1.807) is 0 Å². The zero-order valence-corrected chi connectivity index (χ0v) is 12.0. The van der Waals surface area contributed by atoms with Gasteiger partial charge in [-0.3, -0.25) is 0 Å². The molecule has 0 aromatic heterocycles. The van der Waals surface area contributed by atoms with Crippen molar-refractivity contribution in [3.05, 3.63) is 56.7 Å². The Hall–Kier alpha value is -0.830. The Bertz CT molecular complexity index is 437. The van der Waals surface area contributed by atoms with Gasteiger partial charge in [0.2, 0.25) is 0 Å². The first-order valence-electron chi connectivity index (χ1n) is 5.40. The number of aryl methyl sites for hydroxylation is 3. The van der Waals surface area contributed by atoms with Crippen LogP contribution in [0.4, 0.5) is 0 Å². The van der Waals surface area contributed by atoms with Crippen LogP contribution in [0.5, 0.6) is 0 Å². The molecule has 0 amide bonds. The number of hydrogen-bond donors (Lipinski definition) is 0. The largest absolute Gasteiger partial charge is 0.0563 e. The second-order valence-corrected chi connectivity index (χ2v) is 5.64. The highest BCUT2D eigenvalue weighted by Gasteiger charge is 2.01. The average molecular weight is 322 g/mol. The van der Waals surface area contributed by atoms with Gasteiger partial charge in [-0.15, -0.1) is 0 Å². The van der Waals surface area contributed by atoms with Gasteiger partial charge in [0.15, 0.2) is 0 Å². The topological polar surface area (TPSA) is 0 Å². The summed E-state index contributed by atoms with van der Waals surface area (Å²) in [5, 5.41) is 0. The number of hydrogen-bond acceptors (Lipinski definition) is 0. The molecule has 0 aliphatic rings. The maximum absolute atomic E-state index is 2.38. The second kappa shape index (κ2) is 4.58. The van der Waals surface area contributed by atoms with Crippen LogP contribution in [0.2, 0.25) is 0 Å². The summed E-state index contributed by atoms with van der Waals surface area (Å²) in [5.74, 6) is 0. The minimum Gasteiger partial charge on any atom is -0.0563 e. The lowest BCUT2D eigenvalue weighted by Crippen LogP contribution is -1.85. The predicted octanol–water partition coefficient (Wildman–Crippen LogP) is 4.88. The van der Waals surface area contributed by atoms with Crippen LogP contribution < -0.4 is 0 Å². The zero-order valence-electron chi connectivity index (χ0n) is 9.84. The van der Waals surface area contributed by atoms with Crippen molar-refractivity contribution in [3.8, 4) is 11.1 Å². The number of benzene rings is 2. The Morgan fingerprint density at radius 3 is 1.56 bits per heavy atom. The molecule has 0 nitrogen and oxygen atoms in total. The fraction of sp³-hybridized carbons (Fsp3) is 0.200. The summed E-state index contributed by atoms with van der Waals surface area (Å²) in [5.41, 5.74) is 6.61. The Morgan fingerprint density at radius 2 is 1.06 bits per heavy atom. The Morgan fingerprint density at radius 1 is 0.625 bits per heavy atom. The van der Waals surface area contributed by atoms with Crippen LogP contribution in [0, 0.1) is 24.3 Å². The predicted molar refractivity (Wildman–Crippen MR) is 78.8 cm³/mol. The van der Waals surface area contributed by atoms with Gasteiger partial charge in [0.05, 0.1) is 0 Å². The summed E-state index contributed by atoms with van der Waals surface area (Å²) in [6.45, 7) is 6.45. The molecule has 2 aromatic carbocycles. The molecule has 0 aliphatic heterocycles. The van der Waals surface area contributed by atoms with Crippen molar-refractivity contribution in [2.45, 2.75) is 20.8 Å². The minimum atomic E-state index is 1.30. The molecule has 0 aliphatic carbocycles. The lowest BCUT2D eigenvalue weighted by atomic mass is 9.99. The average Bonchev–Trinajstić information content (AvgIpc) is 2.14. The summed E-state index contributed by atoms with van der Waals surface area (Å²) in [4.78, 5) is 0. The highest BCUT2D eigenvalue weighted by Crippen LogP contribution is 2.25. The molecule has 0 atom stereocenters. The lowest BCUT2D eigenvalue weighted by molar-refractivity contribution is 1.37. The van der Waals surface area contributed by atoms with Crippen molar-refractivity contribution in [2.75, 3.05) is 0 Å². The summed E-state index contributed by atoms with van der Waals surface area (Å²) >= 11 is 2.38. The number of rotatable bonds is 1. The van der Waals surface area contributed by atoms with Gasteiger partial charge in [-0.2, -0.15) is 0 Å². The molecule has 82 valence electrons. The molecule has 0 radical (unpaired) electrons. The smallest absolute Gasteiger partial charge is 0.0139 e. The first-order chi connectivity index (χ1) is 7.54. The first kappa shape index (κ1) is 11.6. The molecule has 0 bridgehead atoms. The third-order valence-electron chi connectivity index (χ3n) is 2.60. The normalized spacial score (nSPS) is 10.5. The monoisotopic (exact) mass is 322 g/mol. The molecule has 0 fully saturated rings. The molecule has 0 unspecified atom stereocenters. The van der Waals surface area contributed by atoms with Crippen LogP contribution in [0.25, 0.3) is 11.1 Å². The van der Waals surface area contributed by atoms with Crippen LogP contribution >= 0.6 is 22.6 Å².